The van der Waals surface area contributed by atoms with Crippen LogP contribution in [0.1, 0.15) is 31.9 Å². The van der Waals surface area contributed by atoms with E-state index in [0.717, 1.165) is 10.9 Å². The highest BCUT2D eigenvalue weighted by atomic mass is 16.6. The molecule has 0 aliphatic carbocycles. The zero-order chi connectivity index (χ0) is 14.9. The summed E-state index contributed by atoms with van der Waals surface area (Å²) < 4.78 is 5.33. The molecule has 1 aromatic heterocycles. The maximum Gasteiger partial charge on any atom is 0.413 e. The first kappa shape index (κ1) is 13.9. The average molecular weight is 271 g/mol. The molecular formula is C15H17N3O2. The molecule has 1 aromatic carbocycles. The summed E-state index contributed by atoms with van der Waals surface area (Å²) in [6, 6.07) is 5.67. The van der Waals surface area contributed by atoms with Crippen molar-refractivity contribution in [3.63, 3.8) is 0 Å². The Hall–Kier alpha value is -2.48. The number of H-pyrrole nitrogens is 1. The molecule has 0 spiro atoms. The number of aromatic amines is 1. The molecule has 1 amide bonds. The fraction of sp³-hybridized carbons (Fsp3) is 0.333. The molecule has 0 radical (unpaired) electrons. The van der Waals surface area contributed by atoms with Crippen molar-refractivity contribution in [2.45, 2.75) is 33.2 Å². The molecule has 1 heterocycles. The topological polar surface area (TPSA) is 77.9 Å². The predicted octanol–water partition coefficient (Wildman–Crippen LogP) is 3.23. The van der Waals surface area contributed by atoms with Gasteiger partial charge < -0.3 is 15.0 Å². The molecule has 2 aromatic rings. The second kappa shape index (κ2) is 4.89. The van der Waals surface area contributed by atoms with E-state index in [1.165, 1.54) is 0 Å². The summed E-state index contributed by atoms with van der Waals surface area (Å²) in [4.78, 5) is 14.8. The van der Waals surface area contributed by atoms with Crippen LogP contribution in [0.3, 0.4) is 0 Å². The van der Waals surface area contributed by atoms with Crippen LogP contribution in [-0.4, -0.2) is 16.6 Å². The third kappa shape index (κ3) is 2.75. The number of fused-ring (bicyclic) bond motifs is 1. The van der Waals surface area contributed by atoms with Crippen LogP contribution in [0.25, 0.3) is 10.9 Å². The fourth-order valence-corrected chi connectivity index (χ4v) is 2.00. The Bertz CT molecular complexity index is 702. The lowest BCUT2D eigenvalue weighted by Crippen LogP contribution is -2.42. The summed E-state index contributed by atoms with van der Waals surface area (Å²) in [6.07, 6.45) is 1.10. The number of nitrogens with one attached hydrogen (secondary N) is 2. The van der Waals surface area contributed by atoms with Crippen molar-refractivity contribution < 1.29 is 9.53 Å². The second-order valence-corrected chi connectivity index (χ2v) is 5.71. The maximum absolute atomic E-state index is 11.8. The molecule has 104 valence electrons. The molecule has 0 aliphatic heterocycles. The molecule has 5 heteroatoms. The molecule has 5 nitrogen and oxygen atoms in total. The van der Waals surface area contributed by atoms with E-state index >= 15 is 0 Å². The molecule has 2 rings (SSSR count). The van der Waals surface area contributed by atoms with Crippen molar-refractivity contribution >= 4 is 17.0 Å². The van der Waals surface area contributed by atoms with Gasteiger partial charge >= 0.3 is 6.09 Å². The lowest BCUT2D eigenvalue weighted by molar-refractivity contribution is 0.191. The van der Waals surface area contributed by atoms with E-state index in [-0.39, 0.29) is 5.54 Å². The van der Waals surface area contributed by atoms with Gasteiger partial charge in [-0.05, 0) is 39.3 Å². The van der Waals surface area contributed by atoms with Gasteiger partial charge in [-0.3, -0.25) is 0 Å². The number of ether oxygens (including phenoxy) is 1. The van der Waals surface area contributed by atoms with Crippen molar-refractivity contribution in [2.24, 2.45) is 0 Å². The smallest absolute Gasteiger partial charge is 0.408 e. The van der Waals surface area contributed by atoms with Crippen molar-refractivity contribution in [3.8, 4) is 11.8 Å². The van der Waals surface area contributed by atoms with Gasteiger partial charge in [0.05, 0.1) is 11.1 Å². The van der Waals surface area contributed by atoms with Crippen LogP contribution >= 0.6 is 0 Å². The number of hydrogen-bond donors (Lipinski definition) is 2. The summed E-state index contributed by atoms with van der Waals surface area (Å²) in [5.41, 5.74) is 1.79. The van der Waals surface area contributed by atoms with Crippen molar-refractivity contribution in [2.75, 3.05) is 0 Å². The minimum absolute atomic E-state index is 0.367. The molecule has 0 saturated heterocycles. The zero-order valence-corrected chi connectivity index (χ0v) is 12.0. The fourth-order valence-electron chi connectivity index (χ4n) is 2.00. The van der Waals surface area contributed by atoms with E-state index in [1.807, 2.05) is 33.8 Å². The van der Waals surface area contributed by atoms with Crippen molar-refractivity contribution in [1.82, 2.24) is 10.3 Å². The van der Waals surface area contributed by atoms with Crippen LogP contribution in [0.2, 0.25) is 0 Å². The van der Waals surface area contributed by atoms with Gasteiger partial charge in [0.25, 0.3) is 0 Å². The van der Waals surface area contributed by atoms with Gasteiger partial charge in [0.15, 0.2) is 5.75 Å². The number of aromatic nitrogens is 1. The maximum atomic E-state index is 11.8. The van der Waals surface area contributed by atoms with Gasteiger partial charge in [-0.15, -0.1) is 0 Å². The summed E-state index contributed by atoms with van der Waals surface area (Å²) in [7, 11) is 0. The van der Waals surface area contributed by atoms with E-state index < -0.39 is 6.09 Å². The Morgan fingerprint density at radius 3 is 2.70 bits per heavy atom. The normalized spacial score (nSPS) is 11.2. The first-order chi connectivity index (χ1) is 9.31. The molecule has 0 bridgehead atoms. The van der Waals surface area contributed by atoms with Crippen LogP contribution in [-0.2, 0) is 0 Å². The highest BCUT2D eigenvalue weighted by Crippen LogP contribution is 2.30. The average Bonchev–Trinajstić information content (AvgIpc) is 2.75. The third-order valence-corrected chi connectivity index (χ3v) is 2.81. The van der Waals surface area contributed by atoms with Crippen LogP contribution < -0.4 is 10.1 Å². The predicted molar refractivity (Wildman–Crippen MR) is 76.7 cm³/mol. The highest BCUT2D eigenvalue weighted by molar-refractivity contribution is 5.94. The second-order valence-electron chi connectivity index (χ2n) is 5.71. The van der Waals surface area contributed by atoms with E-state index in [0.29, 0.717) is 16.8 Å². The molecule has 0 unspecified atom stereocenters. The number of carbonyl (C=O) groups is 1. The van der Waals surface area contributed by atoms with Crippen LogP contribution in [0, 0.1) is 18.3 Å². The van der Waals surface area contributed by atoms with Crippen molar-refractivity contribution in [1.29, 1.82) is 5.26 Å². The SMILES string of the molecule is Cc1ccc(OC(=O)NC(C)(C)C)c2[nH]cc(C#N)c12. The van der Waals surface area contributed by atoms with Gasteiger partial charge in [0.2, 0.25) is 0 Å². The number of hydrogen-bond acceptors (Lipinski definition) is 3. The molecule has 20 heavy (non-hydrogen) atoms. The summed E-state index contributed by atoms with van der Waals surface area (Å²) in [5.74, 6) is 0.411. The largest absolute Gasteiger partial charge is 0.413 e. The number of rotatable bonds is 1. The molecule has 0 aliphatic rings. The first-order valence-corrected chi connectivity index (χ1v) is 6.32. The summed E-state index contributed by atoms with van der Waals surface area (Å²) in [6.45, 7) is 7.54. The van der Waals surface area contributed by atoms with Gasteiger partial charge in [0.1, 0.15) is 6.07 Å². The van der Waals surface area contributed by atoms with Gasteiger partial charge in [-0.25, -0.2) is 4.79 Å². The Morgan fingerprint density at radius 1 is 1.40 bits per heavy atom. The third-order valence-electron chi connectivity index (χ3n) is 2.81. The zero-order valence-electron chi connectivity index (χ0n) is 12.0. The molecule has 0 saturated carbocycles. The number of nitrogens with zero attached hydrogens (tertiary/aromatic N) is 1. The Kier molecular flexibility index (Phi) is 3.41. The number of benzene rings is 1. The van der Waals surface area contributed by atoms with Gasteiger partial charge in [-0.1, -0.05) is 6.07 Å². The number of nitriles is 1. The van der Waals surface area contributed by atoms with E-state index in [4.69, 9.17) is 10.00 Å². The first-order valence-electron chi connectivity index (χ1n) is 6.32. The minimum atomic E-state index is -0.518. The highest BCUT2D eigenvalue weighted by Gasteiger charge is 2.18. The molecule has 0 atom stereocenters. The Balaban J connectivity index is 2.37. The minimum Gasteiger partial charge on any atom is -0.408 e. The summed E-state index contributed by atoms with van der Waals surface area (Å²) in [5, 5.41) is 12.6. The van der Waals surface area contributed by atoms with E-state index in [9.17, 15) is 4.79 Å². The van der Waals surface area contributed by atoms with Crippen LogP contribution in [0.4, 0.5) is 4.79 Å². The lowest BCUT2D eigenvalue weighted by atomic mass is 10.1. The number of aryl methyl sites for hydroxylation is 1. The van der Waals surface area contributed by atoms with Gasteiger partial charge in [0, 0.05) is 17.1 Å². The van der Waals surface area contributed by atoms with Crippen LogP contribution in [0.15, 0.2) is 18.3 Å². The van der Waals surface area contributed by atoms with Gasteiger partial charge in [-0.2, -0.15) is 5.26 Å². The summed E-state index contributed by atoms with van der Waals surface area (Å²) >= 11 is 0. The number of amides is 1. The molecular weight excluding hydrogens is 254 g/mol. The van der Waals surface area contributed by atoms with E-state index in [1.54, 1.807) is 12.3 Å². The molecule has 2 N–H and O–H groups in total. The number of carbonyl (C=O) groups excluding carboxylic acids is 1. The Morgan fingerprint density at radius 2 is 2.10 bits per heavy atom. The van der Waals surface area contributed by atoms with E-state index in [2.05, 4.69) is 16.4 Å². The van der Waals surface area contributed by atoms with Crippen molar-refractivity contribution in [3.05, 3.63) is 29.5 Å². The lowest BCUT2D eigenvalue weighted by Gasteiger charge is -2.20. The van der Waals surface area contributed by atoms with Crippen LogP contribution in [0.5, 0.6) is 5.75 Å². The monoisotopic (exact) mass is 271 g/mol. The Labute approximate surface area is 117 Å². The standard InChI is InChI=1S/C15H17N3O2/c1-9-5-6-11(20-14(19)18-15(2,3)4)13-12(9)10(7-16)8-17-13/h5-6,8,17H,1-4H3,(H,18,19). The quantitative estimate of drug-likeness (QED) is 0.835. The molecule has 0 fully saturated rings.